The molecule has 1 fully saturated rings. The summed E-state index contributed by atoms with van der Waals surface area (Å²) in [5.41, 5.74) is -0.126. The van der Waals surface area contributed by atoms with Gasteiger partial charge in [0.05, 0.1) is 11.2 Å². The molecule has 1 aliphatic heterocycles. The molecule has 0 bridgehead atoms. The van der Waals surface area contributed by atoms with Crippen molar-refractivity contribution in [3.63, 3.8) is 0 Å². The standard InChI is InChI=1S/C13H18BF2NO2/c1-12(2)13(3,4)19-14(18-12)8-6-9(15)10(16)7-11(8)17-5/h6-7,17H,1-5H3. The molecule has 0 aromatic heterocycles. The zero-order valence-corrected chi connectivity index (χ0v) is 11.8. The minimum atomic E-state index is -0.913. The van der Waals surface area contributed by atoms with Crippen LogP contribution in [0.5, 0.6) is 0 Å². The summed E-state index contributed by atoms with van der Waals surface area (Å²) >= 11 is 0. The molecule has 1 heterocycles. The van der Waals surface area contributed by atoms with Crippen molar-refractivity contribution in [3.8, 4) is 0 Å². The van der Waals surface area contributed by atoms with Crippen molar-refractivity contribution in [1.82, 2.24) is 0 Å². The highest BCUT2D eigenvalue weighted by molar-refractivity contribution is 6.63. The van der Waals surface area contributed by atoms with Gasteiger partial charge in [-0.1, -0.05) is 0 Å². The molecule has 0 radical (unpaired) electrons. The summed E-state index contributed by atoms with van der Waals surface area (Å²) in [6, 6.07) is 2.22. The van der Waals surface area contributed by atoms with Crippen LogP contribution in [0.15, 0.2) is 12.1 Å². The number of anilines is 1. The summed E-state index contributed by atoms with van der Waals surface area (Å²) in [7, 11) is 0.920. The van der Waals surface area contributed by atoms with Crippen LogP contribution in [0, 0.1) is 11.6 Å². The Morgan fingerprint density at radius 3 is 1.95 bits per heavy atom. The lowest BCUT2D eigenvalue weighted by Crippen LogP contribution is -2.41. The van der Waals surface area contributed by atoms with Crippen LogP contribution in [0.3, 0.4) is 0 Å². The first-order chi connectivity index (χ1) is 8.68. The second-order valence-corrected chi connectivity index (χ2v) is 5.69. The molecule has 1 aromatic rings. The average molecular weight is 269 g/mol. The molecule has 0 atom stereocenters. The topological polar surface area (TPSA) is 30.5 Å². The first-order valence-electron chi connectivity index (χ1n) is 6.20. The van der Waals surface area contributed by atoms with Gasteiger partial charge in [0, 0.05) is 18.2 Å². The van der Waals surface area contributed by atoms with Gasteiger partial charge in [0.15, 0.2) is 11.6 Å². The third-order valence-electron chi connectivity index (χ3n) is 3.87. The molecule has 6 heteroatoms. The van der Waals surface area contributed by atoms with Gasteiger partial charge in [0.25, 0.3) is 0 Å². The van der Waals surface area contributed by atoms with Crippen LogP contribution in [0.1, 0.15) is 27.7 Å². The van der Waals surface area contributed by atoms with Crippen LogP contribution in [-0.4, -0.2) is 25.4 Å². The molecular weight excluding hydrogens is 251 g/mol. The lowest BCUT2D eigenvalue weighted by atomic mass is 9.77. The second-order valence-electron chi connectivity index (χ2n) is 5.69. The Labute approximate surface area is 112 Å². The minimum absolute atomic E-state index is 0.456. The van der Waals surface area contributed by atoms with Gasteiger partial charge >= 0.3 is 7.12 Å². The van der Waals surface area contributed by atoms with Crippen molar-refractivity contribution in [2.24, 2.45) is 0 Å². The molecule has 2 rings (SSSR count). The monoisotopic (exact) mass is 269 g/mol. The first-order valence-corrected chi connectivity index (χ1v) is 6.20. The van der Waals surface area contributed by atoms with E-state index >= 15 is 0 Å². The quantitative estimate of drug-likeness (QED) is 0.836. The lowest BCUT2D eigenvalue weighted by Gasteiger charge is -2.32. The minimum Gasteiger partial charge on any atom is -0.399 e. The Morgan fingerprint density at radius 1 is 1.00 bits per heavy atom. The van der Waals surface area contributed by atoms with E-state index in [4.69, 9.17) is 9.31 Å². The maximum atomic E-state index is 13.4. The van der Waals surface area contributed by atoms with Crippen molar-refractivity contribution >= 4 is 18.3 Å². The zero-order valence-electron chi connectivity index (χ0n) is 11.8. The van der Waals surface area contributed by atoms with E-state index in [0.717, 1.165) is 12.1 Å². The van der Waals surface area contributed by atoms with Gasteiger partial charge < -0.3 is 14.6 Å². The molecule has 104 valence electrons. The summed E-state index contributed by atoms with van der Waals surface area (Å²) in [4.78, 5) is 0. The Kier molecular flexibility index (Phi) is 3.35. The highest BCUT2D eigenvalue weighted by atomic mass is 19.2. The highest BCUT2D eigenvalue weighted by Crippen LogP contribution is 2.37. The van der Waals surface area contributed by atoms with E-state index in [0.29, 0.717) is 11.2 Å². The smallest absolute Gasteiger partial charge is 0.399 e. The molecule has 1 N–H and O–H groups in total. The second kappa shape index (κ2) is 4.46. The van der Waals surface area contributed by atoms with E-state index in [1.807, 2.05) is 27.7 Å². The molecule has 1 saturated heterocycles. The van der Waals surface area contributed by atoms with E-state index in [-0.39, 0.29) is 0 Å². The molecule has 1 aliphatic rings. The molecule has 0 aliphatic carbocycles. The van der Waals surface area contributed by atoms with Crippen molar-refractivity contribution in [2.45, 2.75) is 38.9 Å². The van der Waals surface area contributed by atoms with Gasteiger partial charge in [0.1, 0.15) is 0 Å². The Morgan fingerprint density at radius 2 is 1.47 bits per heavy atom. The van der Waals surface area contributed by atoms with Crippen molar-refractivity contribution < 1.29 is 18.1 Å². The first kappa shape index (κ1) is 14.3. The molecule has 19 heavy (non-hydrogen) atoms. The van der Waals surface area contributed by atoms with E-state index in [2.05, 4.69) is 5.32 Å². The van der Waals surface area contributed by atoms with Crippen LogP contribution in [0.4, 0.5) is 14.5 Å². The number of hydrogen-bond donors (Lipinski definition) is 1. The number of nitrogens with one attached hydrogen (secondary N) is 1. The number of hydrogen-bond acceptors (Lipinski definition) is 3. The molecule has 1 aromatic carbocycles. The largest absolute Gasteiger partial charge is 0.497 e. The Hall–Kier alpha value is -1.14. The maximum absolute atomic E-state index is 13.4. The van der Waals surface area contributed by atoms with Crippen LogP contribution in [0.25, 0.3) is 0 Å². The van der Waals surface area contributed by atoms with E-state index in [9.17, 15) is 8.78 Å². The van der Waals surface area contributed by atoms with Crippen molar-refractivity contribution in [3.05, 3.63) is 23.8 Å². The summed E-state index contributed by atoms with van der Waals surface area (Å²) in [5.74, 6) is -1.81. The van der Waals surface area contributed by atoms with Crippen molar-refractivity contribution in [2.75, 3.05) is 12.4 Å². The van der Waals surface area contributed by atoms with Crippen LogP contribution in [-0.2, 0) is 9.31 Å². The maximum Gasteiger partial charge on any atom is 0.497 e. The van der Waals surface area contributed by atoms with Gasteiger partial charge in [-0.2, -0.15) is 0 Å². The fourth-order valence-electron chi connectivity index (χ4n) is 1.94. The molecule has 0 saturated carbocycles. The normalized spacial score (nSPS) is 20.7. The third-order valence-corrected chi connectivity index (χ3v) is 3.87. The summed E-state index contributed by atoms with van der Waals surface area (Å²) in [6.45, 7) is 7.63. The van der Waals surface area contributed by atoms with Gasteiger partial charge in [-0.05, 0) is 39.8 Å². The SMILES string of the molecule is CNc1cc(F)c(F)cc1B1OC(C)(C)C(C)(C)O1. The number of halogens is 2. The van der Waals surface area contributed by atoms with Gasteiger partial charge in [-0.15, -0.1) is 0 Å². The summed E-state index contributed by atoms with van der Waals surface area (Å²) < 4.78 is 38.3. The zero-order chi connectivity index (χ0) is 14.4. The number of rotatable bonds is 2. The predicted octanol–water partition coefficient (Wildman–Crippen LogP) is 2.31. The average Bonchev–Trinajstić information content (AvgIpc) is 2.51. The molecule has 0 spiro atoms. The van der Waals surface area contributed by atoms with Crippen molar-refractivity contribution in [1.29, 1.82) is 0 Å². The fourth-order valence-corrected chi connectivity index (χ4v) is 1.94. The molecule has 0 unspecified atom stereocenters. The highest BCUT2D eigenvalue weighted by Gasteiger charge is 2.52. The summed E-state index contributed by atoms with van der Waals surface area (Å²) in [5, 5.41) is 2.83. The van der Waals surface area contributed by atoms with Gasteiger partial charge in [-0.3, -0.25) is 0 Å². The Balaban J connectivity index is 2.42. The fraction of sp³-hybridized carbons (Fsp3) is 0.538. The molecular formula is C13H18BF2NO2. The number of benzene rings is 1. The van der Waals surface area contributed by atoms with Gasteiger partial charge in [0.2, 0.25) is 0 Å². The predicted molar refractivity (Wildman–Crippen MR) is 71.6 cm³/mol. The van der Waals surface area contributed by atoms with Crippen LogP contribution >= 0.6 is 0 Å². The third kappa shape index (κ3) is 2.34. The van der Waals surface area contributed by atoms with E-state index in [1.165, 1.54) is 0 Å². The summed E-state index contributed by atoms with van der Waals surface area (Å²) in [6.07, 6.45) is 0. The Bertz CT molecular complexity index is 490. The van der Waals surface area contributed by atoms with E-state index in [1.54, 1.807) is 7.05 Å². The van der Waals surface area contributed by atoms with Gasteiger partial charge in [-0.25, -0.2) is 8.78 Å². The lowest BCUT2D eigenvalue weighted by molar-refractivity contribution is 0.00578. The van der Waals surface area contributed by atoms with E-state index < -0.39 is 30.0 Å². The molecule has 3 nitrogen and oxygen atoms in total. The molecule has 0 amide bonds. The van der Waals surface area contributed by atoms with Crippen LogP contribution < -0.4 is 10.8 Å². The van der Waals surface area contributed by atoms with Crippen LogP contribution in [0.2, 0.25) is 0 Å².